The van der Waals surface area contributed by atoms with Crippen molar-refractivity contribution in [2.45, 2.75) is 69.2 Å². The smallest absolute Gasteiger partial charge is 0.169 e. The van der Waals surface area contributed by atoms with Gasteiger partial charge in [0.25, 0.3) is 0 Å². The fourth-order valence-electron chi connectivity index (χ4n) is 7.39. The molecule has 4 saturated carbocycles. The van der Waals surface area contributed by atoms with Gasteiger partial charge in [-0.05, 0) is 81.5 Å². The SMILES string of the molecule is [CH]OC1(O[CH])CC[C@H]2[C@H](CC[C@@H]3[C@@H]2CC[C@@]2([CH])[C@H]3CC[C@@]23CO3)C1. The lowest BCUT2D eigenvalue weighted by Crippen LogP contribution is -2.52. The van der Waals surface area contributed by atoms with Crippen LogP contribution in [-0.4, -0.2) is 18.0 Å². The predicted molar refractivity (Wildman–Crippen MR) is 87.9 cm³/mol. The van der Waals surface area contributed by atoms with Crippen LogP contribution in [0.5, 0.6) is 0 Å². The molecule has 0 aromatic heterocycles. The van der Waals surface area contributed by atoms with E-state index < -0.39 is 5.79 Å². The van der Waals surface area contributed by atoms with E-state index in [1.54, 1.807) is 0 Å². The fraction of sp³-hybridized carbons (Fsp3) is 0.857. The highest BCUT2D eigenvalue weighted by Gasteiger charge is 2.69. The molecule has 0 bridgehead atoms. The first-order valence-corrected chi connectivity index (χ1v) is 9.75. The first-order chi connectivity index (χ1) is 11.6. The maximum atomic E-state index is 6.97. The number of ether oxygens (including phenoxy) is 3. The molecule has 1 heterocycles. The second-order valence-corrected chi connectivity index (χ2v) is 9.23. The molecule has 0 N–H and O–H groups in total. The van der Waals surface area contributed by atoms with Gasteiger partial charge in [-0.15, -0.1) is 0 Å². The van der Waals surface area contributed by atoms with Crippen LogP contribution in [0.4, 0.5) is 0 Å². The third kappa shape index (κ3) is 1.95. The average Bonchev–Trinajstić information content (AvgIpc) is 3.35. The van der Waals surface area contributed by atoms with E-state index in [0.29, 0.717) is 11.8 Å². The number of fused-ring (bicyclic) bond motifs is 6. The number of hydrogen-bond donors (Lipinski definition) is 0. The standard InChI is InChI=1S/C21H28O3/c1-19-9-6-16-15-7-11-21(22-2,23-3)12-14(15)4-5-17(16)18(19)8-10-20(19)13-24-20/h1-3,14-18H,4-13H2/t14-,15+,16-,17-,18+,19+,20-/m1/s1. The highest BCUT2D eigenvalue weighted by Crippen LogP contribution is 2.69. The van der Waals surface area contributed by atoms with Gasteiger partial charge in [0.15, 0.2) is 5.79 Å². The summed E-state index contributed by atoms with van der Waals surface area (Å²) in [5, 5.41) is 0. The number of epoxide rings is 1. The Kier molecular flexibility index (Phi) is 3.49. The van der Waals surface area contributed by atoms with Crippen molar-refractivity contribution in [2.24, 2.45) is 35.0 Å². The number of hydrogen-bond acceptors (Lipinski definition) is 3. The lowest BCUT2D eigenvalue weighted by Gasteiger charge is -2.56. The summed E-state index contributed by atoms with van der Waals surface area (Å²) >= 11 is 0. The van der Waals surface area contributed by atoms with E-state index in [2.05, 4.69) is 0 Å². The topological polar surface area (TPSA) is 31.0 Å². The maximum absolute atomic E-state index is 6.97. The minimum atomic E-state index is -0.764. The summed E-state index contributed by atoms with van der Waals surface area (Å²) in [5.74, 6) is 2.84. The first kappa shape index (κ1) is 16.1. The molecule has 1 saturated heterocycles. The van der Waals surface area contributed by atoms with Crippen molar-refractivity contribution in [3.63, 3.8) is 0 Å². The van der Waals surface area contributed by atoms with Gasteiger partial charge in [-0.2, -0.15) is 0 Å². The van der Waals surface area contributed by atoms with Crippen molar-refractivity contribution < 1.29 is 14.2 Å². The second kappa shape index (κ2) is 5.20. The van der Waals surface area contributed by atoms with Crippen LogP contribution in [0.15, 0.2) is 0 Å². The van der Waals surface area contributed by atoms with Gasteiger partial charge < -0.3 is 14.2 Å². The van der Waals surface area contributed by atoms with E-state index in [9.17, 15) is 0 Å². The zero-order valence-corrected chi connectivity index (χ0v) is 14.4. The van der Waals surface area contributed by atoms with Crippen LogP contribution >= 0.6 is 0 Å². The van der Waals surface area contributed by atoms with Gasteiger partial charge >= 0.3 is 0 Å². The van der Waals surface area contributed by atoms with Crippen LogP contribution in [0.25, 0.3) is 0 Å². The van der Waals surface area contributed by atoms with E-state index in [1.807, 2.05) is 0 Å². The minimum absolute atomic E-state index is 0.0436. The Bertz CT molecular complexity index is 509. The van der Waals surface area contributed by atoms with Crippen molar-refractivity contribution in [2.75, 3.05) is 6.61 Å². The van der Waals surface area contributed by atoms with Gasteiger partial charge in [-0.1, -0.05) is 0 Å². The molecule has 6 radical (unpaired) electrons. The van der Waals surface area contributed by atoms with Gasteiger partial charge in [0.1, 0.15) is 14.2 Å². The molecule has 3 heteroatoms. The van der Waals surface area contributed by atoms with Crippen molar-refractivity contribution in [3.8, 4) is 0 Å². The minimum Gasteiger partial charge on any atom is -0.369 e. The van der Waals surface area contributed by atoms with Crippen molar-refractivity contribution >= 4 is 0 Å². The fourth-order valence-corrected chi connectivity index (χ4v) is 7.39. The first-order valence-electron chi connectivity index (χ1n) is 9.75. The zero-order valence-electron chi connectivity index (χ0n) is 14.4. The third-order valence-corrected chi connectivity index (χ3v) is 8.71. The Labute approximate surface area is 146 Å². The van der Waals surface area contributed by atoms with Crippen LogP contribution < -0.4 is 0 Å². The van der Waals surface area contributed by atoms with Gasteiger partial charge in [-0.3, -0.25) is 0 Å². The predicted octanol–water partition coefficient (Wildman–Crippen LogP) is 4.17. The Hall–Kier alpha value is -0.120. The van der Waals surface area contributed by atoms with Crippen LogP contribution in [0, 0.1) is 56.1 Å². The largest absolute Gasteiger partial charge is 0.369 e. The zero-order chi connectivity index (χ0) is 16.6. The van der Waals surface area contributed by atoms with Crippen LogP contribution in [-0.2, 0) is 14.2 Å². The maximum Gasteiger partial charge on any atom is 0.169 e. The summed E-state index contributed by atoms with van der Waals surface area (Å²) in [5.41, 5.74) is -0.0118. The van der Waals surface area contributed by atoms with Crippen molar-refractivity contribution in [1.82, 2.24) is 0 Å². The molecular formula is C21H28O3. The average molecular weight is 328 g/mol. The summed E-state index contributed by atoms with van der Waals surface area (Å²) in [7, 11) is 11.0. The molecule has 5 fully saturated rings. The third-order valence-electron chi connectivity index (χ3n) is 8.71. The lowest BCUT2D eigenvalue weighted by molar-refractivity contribution is -0.225. The van der Waals surface area contributed by atoms with E-state index in [1.165, 1.54) is 32.1 Å². The molecule has 5 rings (SSSR count). The molecule has 130 valence electrons. The Morgan fingerprint density at radius 2 is 1.58 bits per heavy atom. The summed E-state index contributed by atoms with van der Waals surface area (Å²) in [6.07, 6.45) is 10.1. The highest BCUT2D eigenvalue weighted by molar-refractivity contribution is 5.20. The van der Waals surface area contributed by atoms with E-state index >= 15 is 0 Å². The molecule has 0 aromatic rings. The summed E-state index contributed by atoms with van der Waals surface area (Å²) in [6.45, 7) is 7.86. The van der Waals surface area contributed by atoms with E-state index in [4.69, 9.17) is 35.4 Å². The van der Waals surface area contributed by atoms with Gasteiger partial charge in [0, 0.05) is 18.3 Å². The molecule has 4 aliphatic carbocycles. The summed E-state index contributed by atoms with van der Waals surface area (Å²) < 4.78 is 16.2. The van der Waals surface area contributed by atoms with E-state index in [0.717, 1.165) is 50.0 Å². The molecule has 0 aromatic carbocycles. The van der Waals surface area contributed by atoms with Gasteiger partial charge in [-0.25, -0.2) is 0 Å². The van der Waals surface area contributed by atoms with Crippen LogP contribution in [0.1, 0.15) is 57.8 Å². The molecule has 5 aliphatic rings. The highest BCUT2D eigenvalue weighted by atomic mass is 16.7. The molecule has 3 nitrogen and oxygen atoms in total. The Morgan fingerprint density at radius 1 is 0.833 bits per heavy atom. The molecular weight excluding hydrogens is 300 g/mol. The molecule has 1 aliphatic heterocycles. The summed E-state index contributed by atoms with van der Waals surface area (Å²) in [6, 6.07) is 0. The Balaban J connectivity index is 1.37. The van der Waals surface area contributed by atoms with Gasteiger partial charge in [0.2, 0.25) is 0 Å². The molecule has 7 atom stereocenters. The normalized spacial score (nSPS) is 54.9. The lowest BCUT2D eigenvalue weighted by atomic mass is 9.49. The van der Waals surface area contributed by atoms with Crippen LogP contribution in [0.3, 0.4) is 0 Å². The quantitative estimate of drug-likeness (QED) is 0.563. The number of rotatable bonds is 2. The van der Waals surface area contributed by atoms with Gasteiger partial charge in [0.05, 0.1) is 12.2 Å². The molecule has 1 spiro atoms. The monoisotopic (exact) mass is 328 g/mol. The van der Waals surface area contributed by atoms with E-state index in [-0.39, 0.29) is 11.0 Å². The Morgan fingerprint density at radius 3 is 2.29 bits per heavy atom. The second-order valence-electron chi connectivity index (χ2n) is 9.23. The molecule has 24 heavy (non-hydrogen) atoms. The summed E-state index contributed by atoms with van der Waals surface area (Å²) in [4.78, 5) is 0. The molecule has 0 unspecified atom stereocenters. The molecule has 0 amide bonds. The van der Waals surface area contributed by atoms with Crippen LogP contribution in [0.2, 0.25) is 0 Å². The van der Waals surface area contributed by atoms with Crippen molar-refractivity contribution in [3.05, 3.63) is 21.1 Å². The van der Waals surface area contributed by atoms with Crippen molar-refractivity contribution in [1.29, 1.82) is 0 Å².